The van der Waals surface area contributed by atoms with Crippen LogP contribution in [0.1, 0.15) is 62.5 Å². The molecule has 2 fully saturated rings. The van der Waals surface area contributed by atoms with E-state index in [1.807, 2.05) is 30.3 Å². The van der Waals surface area contributed by atoms with Gasteiger partial charge in [-0.25, -0.2) is 8.42 Å². The second kappa shape index (κ2) is 7.76. The molecular formula is C26H31NO5S. The zero-order valence-corrected chi connectivity index (χ0v) is 20.4. The van der Waals surface area contributed by atoms with Crippen LogP contribution in [0.25, 0.3) is 0 Å². The van der Waals surface area contributed by atoms with E-state index in [-0.39, 0.29) is 16.7 Å². The molecule has 2 aromatic rings. The number of carbonyl (C=O) groups is 1. The SMILES string of the molecule is COc1cccc2c1O[C@@]13CCCC[C@H]1[C@H]2[C@H](S(=O)(=O)c1ccc(C(C)C)cc1)C(=O)N3C. The first-order chi connectivity index (χ1) is 15.7. The van der Waals surface area contributed by atoms with Gasteiger partial charge in [0.1, 0.15) is 0 Å². The average molecular weight is 470 g/mol. The molecule has 2 bridgehead atoms. The Morgan fingerprint density at radius 1 is 1.12 bits per heavy atom. The van der Waals surface area contributed by atoms with Gasteiger partial charge < -0.3 is 14.4 Å². The van der Waals surface area contributed by atoms with Gasteiger partial charge >= 0.3 is 0 Å². The van der Waals surface area contributed by atoms with Gasteiger partial charge in [0.05, 0.1) is 12.0 Å². The van der Waals surface area contributed by atoms with Gasteiger partial charge in [-0.2, -0.15) is 0 Å². The first kappa shape index (κ1) is 22.3. The number of methoxy groups -OCH3 is 1. The highest BCUT2D eigenvalue weighted by atomic mass is 32.2. The number of benzene rings is 2. The van der Waals surface area contributed by atoms with Gasteiger partial charge in [-0.15, -0.1) is 0 Å². The van der Waals surface area contributed by atoms with Gasteiger partial charge in [0.25, 0.3) is 0 Å². The van der Waals surface area contributed by atoms with E-state index < -0.39 is 26.7 Å². The summed E-state index contributed by atoms with van der Waals surface area (Å²) in [5.41, 5.74) is 0.981. The predicted octanol–water partition coefficient (Wildman–Crippen LogP) is 4.50. The van der Waals surface area contributed by atoms with Crippen molar-refractivity contribution in [1.82, 2.24) is 4.90 Å². The number of rotatable bonds is 4. The fourth-order valence-corrected chi connectivity index (χ4v) is 8.06. The minimum absolute atomic E-state index is 0.0942. The number of carbonyl (C=O) groups excluding carboxylic acids is 1. The summed E-state index contributed by atoms with van der Waals surface area (Å²) in [6, 6.07) is 12.6. The largest absolute Gasteiger partial charge is 0.493 e. The molecule has 4 atom stereocenters. The third kappa shape index (κ3) is 3.11. The molecule has 6 nitrogen and oxygen atoms in total. The maximum absolute atomic E-state index is 14.0. The highest BCUT2D eigenvalue weighted by Gasteiger charge is 2.65. The van der Waals surface area contributed by atoms with E-state index in [0.29, 0.717) is 23.8 Å². The number of hydrogen-bond acceptors (Lipinski definition) is 5. The number of sulfone groups is 1. The lowest BCUT2D eigenvalue weighted by Crippen LogP contribution is -2.71. The van der Waals surface area contributed by atoms with E-state index >= 15 is 0 Å². The van der Waals surface area contributed by atoms with Crippen molar-refractivity contribution in [2.24, 2.45) is 5.92 Å². The predicted molar refractivity (Wildman–Crippen MR) is 125 cm³/mol. The molecule has 176 valence electrons. The molecule has 0 spiro atoms. The molecule has 0 aromatic heterocycles. The Hall–Kier alpha value is -2.54. The average Bonchev–Trinajstić information content (AvgIpc) is 2.82. The van der Waals surface area contributed by atoms with Crippen molar-refractivity contribution in [1.29, 1.82) is 0 Å². The van der Waals surface area contributed by atoms with Gasteiger partial charge in [0.15, 0.2) is 32.3 Å². The van der Waals surface area contributed by atoms with Gasteiger partial charge in [-0.05, 0) is 42.5 Å². The van der Waals surface area contributed by atoms with Crippen molar-refractivity contribution in [3.05, 3.63) is 53.6 Å². The molecule has 0 radical (unpaired) electrons. The molecule has 2 heterocycles. The van der Waals surface area contributed by atoms with E-state index in [9.17, 15) is 13.2 Å². The summed E-state index contributed by atoms with van der Waals surface area (Å²) in [5.74, 6) is 0.464. The van der Waals surface area contributed by atoms with Crippen LogP contribution < -0.4 is 9.47 Å². The lowest BCUT2D eigenvalue weighted by molar-refractivity contribution is -0.191. The number of piperidine rings is 1. The monoisotopic (exact) mass is 469 g/mol. The van der Waals surface area contributed by atoms with Gasteiger partial charge in [0.2, 0.25) is 5.91 Å². The number of ether oxygens (including phenoxy) is 2. The smallest absolute Gasteiger partial charge is 0.244 e. The molecule has 2 aromatic carbocycles. The molecule has 0 N–H and O–H groups in total. The molecule has 2 aliphatic heterocycles. The van der Waals surface area contributed by atoms with Crippen LogP contribution in [0.15, 0.2) is 47.4 Å². The van der Waals surface area contributed by atoms with Gasteiger partial charge in [0, 0.05) is 30.9 Å². The topological polar surface area (TPSA) is 72.9 Å². The zero-order chi connectivity index (χ0) is 23.5. The van der Waals surface area contributed by atoms with E-state index in [1.165, 1.54) is 0 Å². The molecule has 1 saturated heterocycles. The molecule has 33 heavy (non-hydrogen) atoms. The highest BCUT2D eigenvalue weighted by molar-refractivity contribution is 7.92. The van der Waals surface area contributed by atoms with Crippen molar-refractivity contribution in [2.75, 3.05) is 14.2 Å². The van der Waals surface area contributed by atoms with Crippen LogP contribution in [-0.2, 0) is 14.6 Å². The Labute approximate surface area is 195 Å². The molecular weight excluding hydrogens is 438 g/mol. The summed E-state index contributed by atoms with van der Waals surface area (Å²) in [7, 11) is -0.663. The van der Waals surface area contributed by atoms with Crippen LogP contribution in [0.5, 0.6) is 11.5 Å². The lowest BCUT2D eigenvalue weighted by Gasteiger charge is -2.59. The minimum Gasteiger partial charge on any atom is -0.493 e. The minimum atomic E-state index is -3.94. The number of likely N-dealkylation sites (tertiary alicyclic amines) is 1. The second-order valence-electron chi connectivity index (χ2n) is 9.79. The van der Waals surface area contributed by atoms with Crippen molar-refractivity contribution in [3.63, 3.8) is 0 Å². The Morgan fingerprint density at radius 2 is 1.85 bits per heavy atom. The molecule has 5 rings (SSSR count). The summed E-state index contributed by atoms with van der Waals surface area (Å²) in [6.07, 6.45) is 3.42. The van der Waals surface area contributed by atoms with Crippen molar-refractivity contribution < 1.29 is 22.7 Å². The quantitative estimate of drug-likeness (QED) is 0.659. The van der Waals surface area contributed by atoms with Crippen molar-refractivity contribution >= 4 is 15.7 Å². The molecule has 0 unspecified atom stereocenters. The fraction of sp³-hybridized carbons (Fsp3) is 0.500. The maximum atomic E-state index is 14.0. The van der Waals surface area contributed by atoms with E-state index in [4.69, 9.17) is 9.47 Å². The van der Waals surface area contributed by atoms with Crippen LogP contribution in [0.2, 0.25) is 0 Å². The van der Waals surface area contributed by atoms with Crippen molar-refractivity contribution in [3.8, 4) is 11.5 Å². The number of para-hydroxylation sites is 1. The number of fused-ring (bicyclic) bond motifs is 2. The second-order valence-corrected chi connectivity index (χ2v) is 11.9. The molecule has 3 aliphatic rings. The molecule has 1 aliphatic carbocycles. The Balaban J connectivity index is 1.70. The summed E-state index contributed by atoms with van der Waals surface area (Å²) >= 11 is 0. The first-order valence-corrected chi connectivity index (χ1v) is 13.2. The van der Waals surface area contributed by atoms with Crippen LogP contribution in [-0.4, -0.2) is 44.4 Å². The van der Waals surface area contributed by atoms with Crippen LogP contribution >= 0.6 is 0 Å². The Morgan fingerprint density at radius 3 is 2.52 bits per heavy atom. The number of nitrogens with zero attached hydrogens (tertiary/aromatic N) is 1. The normalized spacial score (nSPS) is 28.7. The lowest BCUT2D eigenvalue weighted by atomic mass is 9.65. The third-order valence-electron chi connectivity index (χ3n) is 7.86. The summed E-state index contributed by atoms with van der Waals surface area (Å²) in [4.78, 5) is 15.6. The molecule has 1 saturated carbocycles. The summed E-state index contributed by atoms with van der Waals surface area (Å²) in [6.45, 7) is 4.14. The molecule has 1 amide bonds. The van der Waals surface area contributed by atoms with Crippen LogP contribution in [0, 0.1) is 5.92 Å². The first-order valence-electron chi connectivity index (χ1n) is 11.7. The van der Waals surface area contributed by atoms with E-state index in [1.54, 1.807) is 31.2 Å². The van der Waals surface area contributed by atoms with Crippen LogP contribution in [0.3, 0.4) is 0 Å². The summed E-state index contributed by atoms with van der Waals surface area (Å²) in [5, 5.41) is -1.20. The Bertz CT molecular complexity index is 1190. The number of hydrogen-bond donors (Lipinski definition) is 0. The third-order valence-corrected chi connectivity index (χ3v) is 9.95. The summed E-state index contributed by atoms with van der Waals surface area (Å²) < 4.78 is 40.3. The van der Waals surface area contributed by atoms with E-state index in [0.717, 1.165) is 30.4 Å². The zero-order valence-electron chi connectivity index (χ0n) is 19.6. The maximum Gasteiger partial charge on any atom is 0.244 e. The van der Waals surface area contributed by atoms with Crippen molar-refractivity contribution in [2.45, 2.75) is 67.2 Å². The fourth-order valence-electron chi connectivity index (χ4n) is 6.10. The van der Waals surface area contributed by atoms with Gasteiger partial charge in [-0.3, -0.25) is 4.79 Å². The number of amides is 1. The van der Waals surface area contributed by atoms with E-state index in [2.05, 4.69) is 13.8 Å². The van der Waals surface area contributed by atoms with Gasteiger partial charge in [-0.1, -0.05) is 44.5 Å². The highest BCUT2D eigenvalue weighted by Crippen LogP contribution is 2.59. The van der Waals surface area contributed by atoms with Crippen LogP contribution in [0.4, 0.5) is 0 Å². The molecule has 7 heteroatoms. The Kier molecular flexibility index (Phi) is 5.23. The standard InChI is InChI=1S/C26H31NO5S/c1-16(2)17-11-13-18(14-12-17)33(29,30)24-22-19-8-7-10-21(31-4)23(19)32-26(27(3)25(24)28)15-6-5-9-20(22)26/h7-8,10-14,16,20,22,24H,5-6,9,15H2,1-4H3/t20-,22-,24-,26-/m0/s1.